The second-order valence-corrected chi connectivity index (χ2v) is 6.33. The van der Waals surface area contributed by atoms with Crippen molar-refractivity contribution in [2.45, 2.75) is 33.1 Å². The molecule has 1 aromatic heterocycles. The van der Waals surface area contributed by atoms with E-state index in [9.17, 15) is 0 Å². The van der Waals surface area contributed by atoms with Gasteiger partial charge in [-0.2, -0.15) is 0 Å². The number of hydrogen-bond donors (Lipinski definition) is 0. The van der Waals surface area contributed by atoms with Crippen molar-refractivity contribution >= 4 is 35.3 Å². The number of benzene rings is 2. The van der Waals surface area contributed by atoms with Crippen LogP contribution in [-0.4, -0.2) is 11.6 Å². The molecule has 0 aliphatic carbocycles. The number of halogens is 1. The average molecular weight is 368 g/mol. The highest BCUT2D eigenvalue weighted by Gasteiger charge is 2.02. The summed E-state index contributed by atoms with van der Waals surface area (Å²) in [6.45, 7) is 5.01. The van der Waals surface area contributed by atoms with Crippen LogP contribution in [0.5, 0.6) is 5.75 Å². The molecular weight excluding hydrogens is 342 g/mol. The van der Waals surface area contributed by atoms with E-state index in [4.69, 9.17) is 4.74 Å². The number of aromatic nitrogens is 1. The van der Waals surface area contributed by atoms with Gasteiger partial charge in [-0.25, -0.2) is 0 Å². The molecule has 0 amide bonds. The highest BCUT2D eigenvalue weighted by molar-refractivity contribution is 5.92. The average Bonchev–Trinajstić information content (AvgIpc) is 2.65. The normalized spacial score (nSPS) is 10.8. The second-order valence-electron chi connectivity index (χ2n) is 6.33. The Morgan fingerprint density at radius 1 is 1.00 bits per heavy atom. The van der Waals surface area contributed by atoms with Crippen LogP contribution >= 0.6 is 12.4 Å². The van der Waals surface area contributed by atoms with Crippen LogP contribution in [0, 0.1) is 6.92 Å². The molecule has 26 heavy (non-hydrogen) atoms. The third kappa shape index (κ3) is 5.09. The maximum atomic E-state index is 5.93. The van der Waals surface area contributed by atoms with Gasteiger partial charge in [-0.15, -0.1) is 12.4 Å². The summed E-state index contributed by atoms with van der Waals surface area (Å²) in [5.41, 5.74) is 3.20. The van der Waals surface area contributed by atoms with Crippen molar-refractivity contribution in [2.75, 3.05) is 6.61 Å². The van der Waals surface area contributed by atoms with E-state index in [1.54, 1.807) is 0 Å². The van der Waals surface area contributed by atoms with Gasteiger partial charge in [0.2, 0.25) is 0 Å². The molecule has 3 heteroatoms. The predicted octanol–water partition coefficient (Wildman–Crippen LogP) is 6.70. The first-order valence-corrected chi connectivity index (χ1v) is 9.03. The van der Waals surface area contributed by atoms with Crippen LogP contribution < -0.4 is 4.74 Å². The lowest BCUT2D eigenvalue weighted by Crippen LogP contribution is -1.99. The molecule has 0 unspecified atom stereocenters. The Morgan fingerprint density at radius 3 is 2.65 bits per heavy atom. The zero-order valence-corrected chi connectivity index (χ0v) is 16.3. The van der Waals surface area contributed by atoms with Crippen LogP contribution in [0.4, 0.5) is 0 Å². The maximum absolute atomic E-state index is 5.93. The van der Waals surface area contributed by atoms with Crippen molar-refractivity contribution in [1.82, 2.24) is 4.98 Å². The molecule has 2 aromatic carbocycles. The summed E-state index contributed by atoms with van der Waals surface area (Å²) in [7, 11) is 0. The molecule has 0 bridgehead atoms. The molecule has 0 N–H and O–H groups in total. The van der Waals surface area contributed by atoms with E-state index in [-0.39, 0.29) is 12.4 Å². The van der Waals surface area contributed by atoms with Crippen molar-refractivity contribution < 1.29 is 4.74 Å². The second kappa shape index (κ2) is 9.98. The Balaban J connectivity index is 0.00000243. The van der Waals surface area contributed by atoms with Crippen LogP contribution in [0.2, 0.25) is 0 Å². The molecule has 0 fully saturated rings. The Morgan fingerprint density at radius 2 is 1.81 bits per heavy atom. The van der Waals surface area contributed by atoms with Gasteiger partial charge in [-0.05, 0) is 35.8 Å². The number of unbranched alkanes of at least 4 members (excludes halogenated alkanes) is 2. The Kier molecular flexibility index (Phi) is 7.68. The fourth-order valence-corrected chi connectivity index (χ4v) is 2.87. The van der Waals surface area contributed by atoms with E-state index in [0.717, 1.165) is 30.0 Å². The van der Waals surface area contributed by atoms with Crippen molar-refractivity contribution in [3.05, 3.63) is 71.5 Å². The Labute approximate surface area is 162 Å². The summed E-state index contributed by atoms with van der Waals surface area (Å²) in [6.07, 6.45) is 9.58. The molecule has 0 spiro atoms. The topological polar surface area (TPSA) is 22.1 Å². The third-order valence-electron chi connectivity index (χ3n) is 4.34. The van der Waals surface area contributed by atoms with E-state index in [1.165, 1.54) is 29.2 Å². The van der Waals surface area contributed by atoms with Gasteiger partial charge in [-0.1, -0.05) is 68.3 Å². The lowest BCUT2D eigenvalue weighted by Gasteiger charge is -2.09. The summed E-state index contributed by atoms with van der Waals surface area (Å²) in [6, 6.07) is 16.8. The van der Waals surface area contributed by atoms with Crippen LogP contribution in [-0.2, 0) is 0 Å². The van der Waals surface area contributed by atoms with Crippen molar-refractivity contribution in [3.8, 4) is 5.75 Å². The van der Waals surface area contributed by atoms with Crippen molar-refractivity contribution in [2.24, 2.45) is 0 Å². The highest BCUT2D eigenvalue weighted by Crippen LogP contribution is 2.22. The number of nitrogens with zero attached hydrogens (tertiary/aromatic N) is 1. The standard InChI is InChI=1S/C23H25NO.ClH/c1-3-4-7-15-25-23-16-21(24-17-18(23)2)14-13-20-11-8-10-19-9-5-6-12-22(19)20;/h5-6,8-14,16-17H,3-4,7,15H2,1-2H3;1H/b14-13+;. The number of rotatable bonds is 7. The molecule has 2 nitrogen and oxygen atoms in total. The van der Waals surface area contributed by atoms with E-state index in [1.807, 2.05) is 19.2 Å². The van der Waals surface area contributed by atoms with Crippen molar-refractivity contribution in [3.63, 3.8) is 0 Å². The fourth-order valence-electron chi connectivity index (χ4n) is 2.87. The van der Waals surface area contributed by atoms with Crippen LogP contribution in [0.25, 0.3) is 22.9 Å². The Hall–Kier alpha value is -2.32. The zero-order valence-electron chi connectivity index (χ0n) is 15.4. The van der Waals surface area contributed by atoms with Gasteiger partial charge in [0, 0.05) is 17.8 Å². The molecule has 0 saturated heterocycles. The molecule has 3 aromatic rings. The minimum atomic E-state index is 0. The smallest absolute Gasteiger partial charge is 0.125 e. The largest absolute Gasteiger partial charge is 0.493 e. The molecule has 0 aliphatic heterocycles. The molecule has 0 saturated carbocycles. The molecule has 136 valence electrons. The summed E-state index contributed by atoms with van der Waals surface area (Å²) < 4.78 is 5.93. The number of ether oxygens (including phenoxy) is 1. The van der Waals surface area contributed by atoms with Gasteiger partial charge in [0.1, 0.15) is 5.75 Å². The first-order valence-electron chi connectivity index (χ1n) is 9.03. The predicted molar refractivity (Wildman–Crippen MR) is 114 cm³/mol. The summed E-state index contributed by atoms with van der Waals surface area (Å²) >= 11 is 0. The van der Waals surface area contributed by atoms with E-state index in [0.29, 0.717) is 0 Å². The first-order chi connectivity index (χ1) is 12.3. The van der Waals surface area contributed by atoms with Gasteiger partial charge < -0.3 is 4.74 Å². The maximum Gasteiger partial charge on any atom is 0.125 e. The lowest BCUT2D eigenvalue weighted by molar-refractivity contribution is 0.304. The van der Waals surface area contributed by atoms with Crippen LogP contribution in [0.1, 0.15) is 43.0 Å². The molecule has 0 atom stereocenters. The first kappa shape index (κ1) is 20.0. The van der Waals surface area contributed by atoms with Crippen LogP contribution in [0.3, 0.4) is 0 Å². The quantitative estimate of drug-likeness (QED) is 0.433. The van der Waals surface area contributed by atoms with E-state index >= 15 is 0 Å². The highest BCUT2D eigenvalue weighted by atomic mass is 35.5. The van der Waals surface area contributed by atoms with E-state index in [2.05, 4.69) is 66.5 Å². The summed E-state index contributed by atoms with van der Waals surface area (Å²) in [5, 5.41) is 2.51. The third-order valence-corrected chi connectivity index (χ3v) is 4.34. The number of pyridine rings is 1. The van der Waals surface area contributed by atoms with E-state index < -0.39 is 0 Å². The fraction of sp³-hybridized carbons (Fsp3) is 0.261. The van der Waals surface area contributed by atoms with Gasteiger partial charge in [0.25, 0.3) is 0 Å². The Bertz CT molecular complexity index is 868. The number of fused-ring (bicyclic) bond motifs is 1. The zero-order chi connectivity index (χ0) is 17.5. The van der Waals surface area contributed by atoms with Gasteiger partial charge in [0.05, 0.1) is 12.3 Å². The lowest BCUT2D eigenvalue weighted by atomic mass is 10.0. The van der Waals surface area contributed by atoms with Crippen LogP contribution in [0.15, 0.2) is 54.7 Å². The monoisotopic (exact) mass is 367 g/mol. The number of aryl methyl sites for hydroxylation is 1. The van der Waals surface area contributed by atoms with Gasteiger partial charge in [0.15, 0.2) is 0 Å². The van der Waals surface area contributed by atoms with Gasteiger partial charge >= 0.3 is 0 Å². The molecule has 0 aliphatic rings. The minimum Gasteiger partial charge on any atom is -0.493 e. The molecule has 3 rings (SSSR count). The molecule has 0 radical (unpaired) electrons. The minimum absolute atomic E-state index is 0. The SMILES string of the molecule is CCCCCOc1cc(/C=C/c2cccc3ccccc23)ncc1C.Cl. The summed E-state index contributed by atoms with van der Waals surface area (Å²) in [5.74, 6) is 0.934. The summed E-state index contributed by atoms with van der Waals surface area (Å²) in [4.78, 5) is 4.51. The molecule has 1 heterocycles. The molecular formula is C23H26ClNO. The van der Waals surface area contributed by atoms with Gasteiger partial charge in [-0.3, -0.25) is 4.98 Å². The number of hydrogen-bond acceptors (Lipinski definition) is 2. The van der Waals surface area contributed by atoms with Crippen molar-refractivity contribution in [1.29, 1.82) is 0 Å².